The van der Waals surface area contributed by atoms with Crippen molar-refractivity contribution in [1.29, 1.82) is 0 Å². The SMILES string of the molecule is O=C(NCC1CCCNC1)c1csc(-c2cccs2)n1. The van der Waals surface area contributed by atoms with E-state index in [1.807, 2.05) is 22.9 Å². The van der Waals surface area contributed by atoms with Crippen molar-refractivity contribution in [3.05, 3.63) is 28.6 Å². The third-order valence-electron chi connectivity index (χ3n) is 3.42. The van der Waals surface area contributed by atoms with Gasteiger partial charge in [-0.2, -0.15) is 0 Å². The molecule has 0 radical (unpaired) electrons. The normalized spacial score (nSPS) is 18.9. The third-order valence-corrected chi connectivity index (χ3v) is 5.30. The number of nitrogens with zero attached hydrogens (tertiary/aromatic N) is 1. The Morgan fingerprint density at radius 2 is 2.45 bits per heavy atom. The molecule has 2 aromatic heterocycles. The van der Waals surface area contributed by atoms with Crippen molar-refractivity contribution in [3.63, 3.8) is 0 Å². The van der Waals surface area contributed by atoms with Crippen molar-refractivity contribution in [1.82, 2.24) is 15.6 Å². The van der Waals surface area contributed by atoms with E-state index in [0.29, 0.717) is 11.6 Å². The maximum atomic E-state index is 12.1. The predicted molar refractivity (Wildman–Crippen MR) is 83.4 cm³/mol. The van der Waals surface area contributed by atoms with Gasteiger partial charge in [-0.1, -0.05) is 6.07 Å². The van der Waals surface area contributed by atoms with E-state index in [4.69, 9.17) is 0 Å². The molecule has 1 aliphatic rings. The second kappa shape index (κ2) is 6.47. The summed E-state index contributed by atoms with van der Waals surface area (Å²) in [5.74, 6) is 0.484. The molecule has 6 heteroatoms. The number of hydrogen-bond acceptors (Lipinski definition) is 5. The molecule has 0 aliphatic carbocycles. The van der Waals surface area contributed by atoms with Crippen molar-refractivity contribution in [2.75, 3.05) is 19.6 Å². The molecular weight excluding hydrogens is 290 g/mol. The molecule has 2 aromatic rings. The summed E-state index contributed by atoms with van der Waals surface area (Å²) in [5.41, 5.74) is 0.530. The number of rotatable bonds is 4. The first kappa shape index (κ1) is 13.7. The molecule has 0 bridgehead atoms. The quantitative estimate of drug-likeness (QED) is 0.913. The molecule has 3 heterocycles. The van der Waals surface area contributed by atoms with Gasteiger partial charge < -0.3 is 10.6 Å². The lowest BCUT2D eigenvalue weighted by molar-refractivity contribution is 0.0940. The van der Waals surface area contributed by atoms with Crippen LogP contribution in [-0.4, -0.2) is 30.5 Å². The van der Waals surface area contributed by atoms with Crippen LogP contribution in [0.3, 0.4) is 0 Å². The Bertz CT molecular complexity index is 559. The fraction of sp³-hybridized carbons (Fsp3) is 0.429. The summed E-state index contributed by atoms with van der Waals surface area (Å²) in [7, 11) is 0. The van der Waals surface area contributed by atoms with E-state index >= 15 is 0 Å². The monoisotopic (exact) mass is 307 g/mol. The van der Waals surface area contributed by atoms with E-state index < -0.39 is 0 Å². The summed E-state index contributed by atoms with van der Waals surface area (Å²) >= 11 is 3.17. The minimum Gasteiger partial charge on any atom is -0.350 e. The van der Waals surface area contributed by atoms with E-state index in [1.165, 1.54) is 24.2 Å². The molecule has 0 saturated carbocycles. The molecule has 1 atom stereocenters. The van der Waals surface area contributed by atoms with Crippen LogP contribution in [0.4, 0.5) is 0 Å². The molecule has 4 nitrogen and oxygen atoms in total. The van der Waals surface area contributed by atoms with Crippen LogP contribution in [0.2, 0.25) is 0 Å². The van der Waals surface area contributed by atoms with Crippen LogP contribution in [0, 0.1) is 5.92 Å². The van der Waals surface area contributed by atoms with Crippen LogP contribution in [0.15, 0.2) is 22.9 Å². The molecule has 1 saturated heterocycles. The van der Waals surface area contributed by atoms with Crippen molar-refractivity contribution in [2.45, 2.75) is 12.8 Å². The first-order valence-corrected chi connectivity index (χ1v) is 8.57. The van der Waals surface area contributed by atoms with E-state index in [2.05, 4.69) is 15.6 Å². The van der Waals surface area contributed by atoms with Gasteiger partial charge in [0.25, 0.3) is 5.91 Å². The predicted octanol–water partition coefficient (Wildman–Crippen LogP) is 2.60. The Kier molecular flexibility index (Phi) is 4.44. The zero-order valence-electron chi connectivity index (χ0n) is 11.1. The zero-order chi connectivity index (χ0) is 13.8. The van der Waals surface area contributed by atoms with Crippen LogP contribution in [0.1, 0.15) is 23.3 Å². The van der Waals surface area contributed by atoms with Gasteiger partial charge in [0.15, 0.2) is 0 Å². The van der Waals surface area contributed by atoms with Gasteiger partial charge in [-0.3, -0.25) is 4.79 Å². The van der Waals surface area contributed by atoms with E-state index in [-0.39, 0.29) is 5.91 Å². The van der Waals surface area contributed by atoms with Crippen LogP contribution >= 0.6 is 22.7 Å². The van der Waals surface area contributed by atoms with E-state index in [0.717, 1.165) is 29.5 Å². The fourth-order valence-corrected chi connectivity index (χ4v) is 3.93. The topological polar surface area (TPSA) is 54.0 Å². The summed E-state index contributed by atoms with van der Waals surface area (Å²) in [5, 5.41) is 11.1. The smallest absolute Gasteiger partial charge is 0.270 e. The number of piperidine rings is 1. The van der Waals surface area contributed by atoms with E-state index in [9.17, 15) is 4.79 Å². The van der Waals surface area contributed by atoms with Crippen molar-refractivity contribution in [2.24, 2.45) is 5.92 Å². The molecule has 0 aromatic carbocycles. The first-order chi connectivity index (χ1) is 9.83. The zero-order valence-corrected chi connectivity index (χ0v) is 12.7. The second-order valence-electron chi connectivity index (χ2n) is 4.94. The highest BCUT2D eigenvalue weighted by atomic mass is 32.1. The summed E-state index contributed by atoms with van der Waals surface area (Å²) < 4.78 is 0. The van der Waals surface area contributed by atoms with Crippen molar-refractivity contribution >= 4 is 28.6 Å². The largest absolute Gasteiger partial charge is 0.350 e. The lowest BCUT2D eigenvalue weighted by Gasteiger charge is -2.22. The molecule has 1 fully saturated rings. The molecule has 3 rings (SSSR count). The minimum absolute atomic E-state index is 0.0605. The maximum Gasteiger partial charge on any atom is 0.270 e. The number of amides is 1. The Labute approximate surface area is 126 Å². The summed E-state index contributed by atoms with van der Waals surface area (Å²) in [4.78, 5) is 17.6. The molecule has 1 aliphatic heterocycles. The van der Waals surface area contributed by atoms with Gasteiger partial charge in [-0.25, -0.2) is 4.98 Å². The van der Waals surface area contributed by atoms with Gasteiger partial charge in [-0.15, -0.1) is 22.7 Å². The average molecular weight is 307 g/mol. The van der Waals surface area contributed by atoms with Crippen molar-refractivity contribution < 1.29 is 4.79 Å². The molecular formula is C14H17N3OS2. The first-order valence-electron chi connectivity index (χ1n) is 6.81. The Morgan fingerprint density at radius 1 is 1.50 bits per heavy atom. The van der Waals surface area contributed by atoms with Gasteiger partial charge in [0, 0.05) is 11.9 Å². The Hall–Kier alpha value is -1.24. The highest BCUT2D eigenvalue weighted by Gasteiger charge is 2.16. The Balaban J connectivity index is 1.57. The highest BCUT2D eigenvalue weighted by molar-refractivity contribution is 7.20. The number of thiophene rings is 1. The molecule has 106 valence electrons. The lowest BCUT2D eigenvalue weighted by atomic mass is 10.00. The lowest BCUT2D eigenvalue weighted by Crippen LogP contribution is -2.38. The van der Waals surface area contributed by atoms with Gasteiger partial charge in [0.2, 0.25) is 0 Å². The standard InChI is InChI=1S/C14H17N3OS2/c18-13(16-8-10-3-1-5-15-7-10)11-9-20-14(17-11)12-4-2-6-19-12/h2,4,6,9-10,15H,1,3,5,7-8H2,(H,16,18). The van der Waals surface area contributed by atoms with Gasteiger partial charge >= 0.3 is 0 Å². The number of carbonyl (C=O) groups excluding carboxylic acids is 1. The van der Waals surface area contributed by atoms with Gasteiger partial charge in [-0.05, 0) is 43.3 Å². The molecule has 0 spiro atoms. The van der Waals surface area contributed by atoms with Crippen LogP contribution < -0.4 is 10.6 Å². The molecule has 2 N–H and O–H groups in total. The maximum absolute atomic E-state index is 12.1. The number of aromatic nitrogens is 1. The summed E-state index contributed by atoms with van der Waals surface area (Å²) in [6, 6.07) is 4.02. The summed E-state index contributed by atoms with van der Waals surface area (Å²) in [6.45, 7) is 2.83. The van der Waals surface area contributed by atoms with Gasteiger partial charge in [0.1, 0.15) is 10.7 Å². The molecule has 1 unspecified atom stereocenters. The highest BCUT2D eigenvalue weighted by Crippen LogP contribution is 2.27. The number of nitrogens with one attached hydrogen (secondary N) is 2. The number of thiazole rings is 1. The Morgan fingerprint density at radius 3 is 3.20 bits per heavy atom. The average Bonchev–Trinajstić information content (AvgIpc) is 3.16. The van der Waals surface area contributed by atoms with Crippen LogP contribution in [-0.2, 0) is 0 Å². The third kappa shape index (κ3) is 3.26. The van der Waals surface area contributed by atoms with Crippen LogP contribution in [0.5, 0.6) is 0 Å². The van der Waals surface area contributed by atoms with E-state index in [1.54, 1.807) is 11.3 Å². The number of carbonyl (C=O) groups is 1. The molecule has 1 amide bonds. The van der Waals surface area contributed by atoms with Gasteiger partial charge in [0.05, 0.1) is 4.88 Å². The number of hydrogen-bond donors (Lipinski definition) is 2. The fourth-order valence-electron chi connectivity index (χ4n) is 2.32. The second-order valence-corrected chi connectivity index (χ2v) is 6.74. The minimum atomic E-state index is -0.0605. The molecule has 20 heavy (non-hydrogen) atoms. The van der Waals surface area contributed by atoms with Crippen molar-refractivity contribution in [3.8, 4) is 9.88 Å². The summed E-state index contributed by atoms with van der Waals surface area (Å²) in [6.07, 6.45) is 2.38. The van der Waals surface area contributed by atoms with Crippen LogP contribution in [0.25, 0.3) is 9.88 Å².